The van der Waals surface area contributed by atoms with Gasteiger partial charge in [0.1, 0.15) is 5.41 Å². The van der Waals surface area contributed by atoms with Crippen LogP contribution in [0.4, 0.5) is 0 Å². The van der Waals surface area contributed by atoms with Crippen molar-refractivity contribution < 1.29 is 19.8 Å². The topological polar surface area (TPSA) is 111 Å². The number of hydrogen-bond donors (Lipinski definition) is 5. The second-order valence-electron chi connectivity index (χ2n) is 5.14. The van der Waals surface area contributed by atoms with E-state index in [9.17, 15) is 19.8 Å². The lowest BCUT2D eigenvalue weighted by Gasteiger charge is -2.41. The van der Waals surface area contributed by atoms with Crippen LogP contribution in [0.2, 0.25) is 0 Å². The Labute approximate surface area is 109 Å². The predicted molar refractivity (Wildman–Crippen MR) is 64.9 cm³/mol. The Morgan fingerprint density at radius 3 is 2.84 bits per heavy atom. The maximum Gasteiger partial charge on any atom is 0.337 e. The zero-order valence-corrected chi connectivity index (χ0v) is 10.2. The van der Waals surface area contributed by atoms with E-state index < -0.39 is 17.4 Å². The van der Waals surface area contributed by atoms with Crippen molar-refractivity contribution >= 4 is 11.9 Å². The Morgan fingerprint density at radius 2 is 2.16 bits per heavy atom. The minimum atomic E-state index is -1.13. The van der Waals surface area contributed by atoms with Crippen molar-refractivity contribution in [1.29, 1.82) is 0 Å². The summed E-state index contributed by atoms with van der Waals surface area (Å²) in [5.41, 5.74) is 5.80. The number of carbonyl (C=O) groups is 2. The monoisotopic (exact) mass is 265 g/mol. The third-order valence-corrected chi connectivity index (χ3v) is 4.13. The van der Waals surface area contributed by atoms with E-state index >= 15 is 0 Å². The molecule has 2 atom stereocenters. The molecule has 0 spiro atoms. The predicted octanol–water partition coefficient (Wildman–Crippen LogP) is -0.947. The molecule has 3 aliphatic rings. The molecule has 2 aliphatic heterocycles. The Kier molecular flexibility index (Phi) is 2.61. The zero-order chi connectivity index (χ0) is 13.6. The molecule has 5 N–H and O–H groups in total. The molecular weight excluding hydrogens is 250 g/mol. The molecule has 7 heteroatoms. The van der Waals surface area contributed by atoms with Crippen LogP contribution in [-0.2, 0) is 9.59 Å². The summed E-state index contributed by atoms with van der Waals surface area (Å²) in [7, 11) is 0. The fraction of sp³-hybridized carbons (Fsp3) is 0.500. The van der Waals surface area contributed by atoms with Gasteiger partial charge in [0.15, 0.2) is 0 Å². The van der Waals surface area contributed by atoms with Crippen LogP contribution in [0.3, 0.4) is 0 Å². The molecule has 19 heavy (non-hydrogen) atoms. The molecule has 1 aliphatic carbocycles. The van der Waals surface area contributed by atoms with Crippen LogP contribution < -0.4 is 16.2 Å². The van der Waals surface area contributed by atoms with Crippen molar-refractivity contribution in [2.45, 2.75) is 6.42 Å². The standard InChI is InChI=1S/C12H15N3O4/c16-10(17)8-7-1-2-13-5-12(7,11(18)19)3-6-4-14-15-9(6)8/h1,6,13-15H,2-5H2,(H,16,17)(H,18,19). The first-order chi connectivity index (χ1) is 9.06. The van der Waals surface area contributed by atoms with E-state index in [0.717, 1.165) is 0 Å². The number of carboxylic acids is 2. The summed E-state index contributed by atoms with van der Waals surface area (Å²) < 4.78 is 0. The van der Waals surface area contributed by atoms with Gasteiger partial charge in [-0.3, -0.25) is 4.79 Å². The van der Waals surface area contributed by atoms with Gasteiger partial charge >= 0.3 is 11.9 Å². The molecule has 0 amide bonds. The number of hydrazine groups is 1. The van der Waals surface area contributed by atoms with Crippen molar-refractivity contribution in [3.8, 4) is 0 Å². The van der Waals surface area contributed by atoms with Gasteiger partial charge < -0.3 is 21.0 Å². The second kappa shape index (κ2) is 4.07. The number of aliphatic carboxylic acids is 2. The Bertz CT molecular complexity index is 525. The highest BCUT2D eigenvalue weighted by molar-refractivity contribution is 5.97. The number of fused-ring (bicyclic) bond motifs is 2. The summed E-state index contributed by atoms with van der Waals surface area (Å²) in [5.74, 6) is -2.13. The summed E-state index contributed by atoms with van der Waals surface area (Å²) >= 11 is 0. The fourth-order valence-electron chi connectivity index (χ4n) is 3.26. The molecule has 1 fully saturated rings. The Morgan fingerprint density at radius 1 is 1.37 bits per heavy atom. The van der Waals surface area contributed by atoms with Gasteiger partial charge in [-0.25, -0.2) is 10.2 Å². The van der Waals surface area contributed by atoms with Gasteiger partial charge in [-0.15, -0.1) is 0 Å². The van der Waals surface area contributed by atoms with Gasteiger partial charge in [-0.05, 0) is 12.0 Å². The van der Waals surface area contributed by atoms with Crippen LogP contribution in [0.1, 0.15) is 6.42 Å². The quantitative estimate of drug-likeness (QED) is 0.438. The van der Waals surface area contributed by atoms with Crippen molar-refractivity contribution in [2.75, 3.05) is 19.6 Å². The minimum Gasteiger partial charge on any atom is -0.481 e. The molecule has 2 unspecified atom stereocenters. The molecule has 0 aromatic heterocycles. The highest BCUT2D eigenvalue weighted by atomic mass is 16.4. The van der Waals surface area contributed by atoms with Crippen molar-refractivity contribution in [2.24, 2.45) is 11.3 Å². The fourth-order valence-corrected chi connectivity index (χ4v) is 3.26. The van der Waals surface area contributed by atoms with Crippen LogP contribution in [0, 0.1) is 11.3 Å². The number of rotatable bonds is 2. The van der Waals surface area contributed by atoms with E-state index in [4.69, 9.17) is 0 Å². The lowest BCUT2D eigenvalue weighted by Crippen LogP contribution is -2.50. The molecule has 2 heterocycles. The minimum absolute atomic E-state index is 0.0979. The van der Waals surface area contributed by atoms with Crippen LogP contribution in [0.15, 0.2) is 22.9 Å². The normalized spacial score (nSPS) is 33.1. The first kappa shape index (κ1) is 12.2. The van der Waals surface area contributed by atoms with Gasteiger partial charge in [0.2, 0.25) is 0 Å². The van der Waals surface area contributed by atoms with Crippen LogP contribution in [0.25, 0.3) is 0 Å². The molecule has 3 rings (SSSR count). The van der Waals surface area contributed by atoms with Gasteiger partial charge in [-0.2, -0.15) is 0 Å². The summed E-state index contributed by atoms with van der Waals surface area (Å²) in [4.78, 5) is 23.3. The van der Waals surface area contributed by atoms with E-state index in [1.165, 1.54) is 0 Å². The highest BCUT2D eigenvalue weighted by Crippen LogP contribution is 2.47. The number of carboxylic acid groups (broad SMARTS) is 2. The molecule has 102 valence electrons. The summed E-state index contributed by atoms with van der Waals surface area (Å²) in [6.07, 6.45) is 2.09. The average molecular weight is 265 g/mol. The molecule has 0 saturated carbocycles. The van der Waals surface area contributed by atoms with Crippen LogP contribution in [-0.4, -0.2) is 41.8 Å². The highest BCUT2D eigenvalue weighted by Gasteiger charge is 2.53. The van der Waals surface area contributed by atoms with E-state index in [1.54, 1.807) is 6.08 Å². The van der Waals surface area contributed by atoms with Gasteiger partial charge in [0, 0.05) is 31.2 Å². The van der Waals surface area contributed by atoms with Crippen LogP contribution in [0.5, 0.6) is 0 Å². The number of nitrogens with one attached hydrogen (secondary N) is 3. The molecule has 0 radical (unpaired) electrons. The van der Waals surface area contributed by atoms with E-state index in [0.29, 0.717) is 30.8 Å². The average Bonchev–Trinajstić information content (AvgIpc) is 2.82. The lowest BCUT2D eigenvalue weighted by atomic mass is 9.64. The van der Waals surface area contributed by atoms with Crippen LogP contribution >= 0.6 is 0 Å². The summed E-state index contributed by atoms with van der Waals surface area (Å²) in [5, 5.41) is 22.1. The molecule has 1 saturated heterocycles. The van der Waals surface area contributed by atoms with E-state index in [1.807, 2.05) is 0 Å². The third kappa shape index (κ3) is 1.58. The Balaban J connectivity index is 2.21. The maximum atomic E-state index is 11.7. The van der Waals surface area contributed by atoms with Gasteiger partial charge in [0.25, 0.3) is 0 Å². The zero-order valence-electron chi connectivity index (χ0n) is 10.2. The molecule has 0 aromatic rings. The third-order valence-electron chi connectivity index (χ3n) is 4.13. The van der Waals surface area contributed by atoms with Gasteiger partial charge in [0.05, 0.1) is 5.57 Å². The largest absolute Gasteiger partial charge is 0.481 e. The summed E-state index contributed by atoms with van der Waals surface area (Å²) in [6.45, 7) is 1.32. The van der Waals surface area contributed by atoms with Crippen molar-refractivity contribution in [3.63, 3.8) is 0 Å². The first-order valence-electron chi connectivity index (χ1n) is 6.18. The van der Waals surface area contributed by atoms with Crippen molar-refractivity contribution in [1.82, 2.24) is 16.2 Å². The second-order valence-corrected chi connectivity index (χ2v) is 5.14. The Hall–Kier alpha value is -1.86. The number of hydrogen-bond acceptors (Lipinski definition) is 5. The first-order valence-corrected chi connectivity index (χ1v) is 6.18. The molecule has 0 bridgehead atoms. The molecular formula is C12H15N3O4. The van der Waals surface area contributed by atoms with E-state index in [-0.39, 0.29) is 18.0 Å². The SMILES string of the molecule is O=C(O)C1=C2NNCC2CC2(C(=O)O)CNCC=C12. The lowest BCUT2D eigenvalue weighted by molar-refractivity contribution is -0.147. The summed E-state index contributed by atoms with van der Waals surface area (Å²) in [6, 6.07) is 0. The maximum absolute atomic E-state index is 11.7. The van der Waals surface area contributed by atoms with Gasteiger partial charge in [-0.1, -0.05) is 6.08 Å². The smallest absolute Gasteiger partial charge is 0.337 e. The van der Waals surface area contributed by atoms with E-state index in [2.05, 4.69) is 16.2 Å². The molecule has 7 nitrogen and oxygen atoms in total. The molecule has 0 aromatic carbocycles. The van der Waals surface area contributed by atoms with Crippen molar-refractivity contribution in [3.05, 3.63) is 22.9 Å².